The largest absolute Gasteiger partial charge is 0.393 e. The van der Waals surface area contributed by atoms with Gasteiger partial charge in [-0.1, -0.05) is 19.3 Å². The van der Waals surface area contributed by atoms with E-state index in [-0.39, 0.29) is 17.8 Å². The molecule has 1 saturated carbocycles. The molecule has 2 fully saturated rings. The molecule has 106 valence electrons. The number of aliphatic hydroxyl groups is 1. The van der Waals surface area contributed by atoms with Crippen LogP contribution in [0.25, 0.3) is 0 Å². The molecule has 0 aromatic carbocycles. The number of aliphatic hydroxyl groups excluding tert-OH is 1. The number of rotatable bonds is 4. The standard InChI is InChI=1S/C15H28O3/c1-12(17-2)10-14(16)13-6-9-18-15(11-13)7-4-3-5-8-15/h12-14,16H,3-11H2,1-2H3. The van der Waals surface area contributed by atoms with Crippen molar-refractivity contribution in [1.82, 2.24) is 0 Å². The molecule has 1 heterocycles. The third-order valence-electron chi connectivity index (χ3n) is 4.82. The Morgan fingerprint density at radius 2 is 2.06 bits per heavy atom. The quantitative estimate of drug-likeness (QED) is 0.840. The van der Waals surface area contributed by atoms with E-state index in [1.54, 1.807) is 7.11 Å². The molecule has 0 amide bonds. The summed E-state index contributed by atoms with van der Waals surface area (Å²) in [6, 6.07) is 0. The van der Waals surface area contributed by atoms with Crippen LogP contribution < -0.4 is 0 Å². The van der Waals surface area contributed by atoms with Crippen molar-refractivity contribution in [2.45, 2.75) is 76.1 Å². The van der Waals surface area contributed by atoms with Crippen molar-refractivity contribution in [3.05, 3.63) is 0 Å². The van der Waals surface area contributed by atoms with Gasteiger partial charge < -0.3 is 14.6 Å². The topological polar surface area (TPSA) is 38.7 Å². The van der Waals surface area contributed by atoms with Crippen molar-refractivity contribution in [2.24, 2.45) is 5.92 Å². The molecule has 1 spiro atoms. The highest BCUT2D eigenvalue weighted by atomic mass is 16.5. The highest BCUT2D eigenvalue weighted by Crippen LogP contribution is 2.42. The van der Waals surface area contributed by atoms with E-state index in [4.69, 9.17) is 9.47 Å². The molecule has 3 nitrogen and oxygen atoms in total. The molecule has 1 saturated heterocycles. The van der Waals surface area contributed by atoms with Gasteiger partial charge in [0.25, 0.3) is 0 Å². The summed E-state index contributed by atoms with van der Waals surface area (Å²) in [7, 11) is 1.71. The van der Waals surface area contributed by atoms with Gasteiger partial charge >= 0.3 is 0 Å². The van der Waals surface area contributed by atoms with E-state index in [9.17, 15) is 5.11 Å². The zero-order chi connectivity index (χ0) is 13.0. The first-order valence-electron chi connectivity index (χ1n) is 7.50. The summed E-state index contributed by atoms with van der Waals surface area (Å²) in [4.78, 5) is 0. The second-order valence-electron chi connectivity index (χ2n) is 6.19. The van der Waals surface area contributed by atoms with Gasteiger partial charge in [-0.3, -0.25) is 0 Å². The summed E-state index contributed by atoms with van der Waals surface area (Å²) >= 11 is 0. The molecule has 2 aliphatic rings. The Morgan fingerprint density at radius 3 is 2.72 bits per heavy atom. The lowest BCUT2D eigenvalue weighted by Crippen LogP contribution is -2.44. The Kier molecular flexibility index (Phi) is 5.05. The van der Waals surface area contributed by atoms with Gasteiger partial charge in [0, 0.05) is 13.7 Å². The molecule has 0 aromatic heterocycles. The lowest BCUT2D eigenvalue weighted by Gasteiger charge is -2.45. The smallest absolute Gasteiger partial charge is 0.0686 e. The first-order chi connectivity index (χ1) is 8.65. The van der Waals surface area contributed by atoms with Crippen molar-refractivity contribution < 1.29 is 14.6 Å². The van der Waals surface area contributed by atoms with E-state index < -0.39 is 0 Å². The van der Waals surface area contributed by atoms with Gasteiger partial charge in [0.2, 0.25) is 0 Å². The van der Waals surface area contributed by atoms with Crippen LogP contribution in [-0.2, 0) is 9.47 Å². The number of methoxy groups -OCH3 is 1. The molecule has 1 aliphatic heterocycles. The van der Waals surface area contributed by atoms with Crippen LogP contribution in [0, 0.1) is 5.92 Å². The number of ether oxygens (including phenoxy) is 2. The molecule has 2 rings (SSSR count). The Morgan fingerprint density at radius 1 is 1.33 bits per heavy atom. The second-order valence-corrected chi connectivity index (χ2v) is 6.19. The van der Waals surface area contributed by atoms with Crippen LogP contribution in [0.15, 0.2) is 0 Å². The van der Waals surface area contributed by atoms with Crippen LogP contribution >= 0.6 is 0 Å². The van der Waals surface area contributed by atoms with Gasteiger partial charge in [0.05, 0.1) is 17.8 Å². The maximum Gasteiger partial charge on any atom is 0.0686 e. The highest BCUT2D eigenvalue weighted by Gasteiger charge is 2.40. The summed E-state index contributed by atoms with van der Waals surface area (Å²) in [6.45, 7) is 2.85. The third kappa shape index (κ3) is 3.46. The van der Waals surface area contributed by atoms with E-state index in [2.05, 4.69) is 0 Å². The summed E-state index contributed by atoms with van der Waals surface area (Å²) in [5.74, 6) is 0.398. The van der Waals surface area contributed by atoms with Gasteiger partial charge in [0.15, 0.2) is 0 Å². The zero-order valence-electron chi connectivity index (χ0n) is 11.9. The van der Waals surface area contributed by atoms with Crippen LogP contribution in [0.5, 0.6) is 0 Å². The molecule has 3 unspecified atom stereocenters. The molecule has 3 atom stereocenters. The normalized spacial score (nSPS) is 31.2. The van der Waals surface area contributed by atoms with Gasteiger partial charge in [-0.2, -0.15) is 0 Å². The van der Waals surface area contributed by atoms with Crippen molar-refractivity contribution >= 4 is 0 Å². The van der Waals surface area contributed by atoms with Crippen LogP contribution in [0.2, 0.25) is 0 Å². The lowest BCUT2D eigenvalue weighted by atomic mass is 9.74. The maximum atomic E-state index is 10.4. The monoisotopic (exact) mass is 256 g/mol. The fourth-order valence-corrected chi connectivity index (χ4v) is 3.57. The Bertz CT molecular complexity index is 243. The van der Waals surface area contributed by atoms with E-state index >= 15 is 0 Å². The average Bonchev–Trinajstić information content (AvgIpc) is 2.39. The van der Waals surface area contributed by atoms with Crippen molar-refractivity contribution in [3.63, 3.8) is 0 Å². The first kappa shape index (κ1) is 14.3. The molecule has 0 aromatic rings. The number of hydrogen-bond donors (Lipinski definition) is 1. The van der Waals surface area contributed by atoms with Crippen molar-refractivity contribution in [1.29, 1.82) is 0 Å². The predicted molar refractivity (Wildman–Crippen MR) is 71.6 cm³/mol. The number of hydrogen-bond acceptors (Lipinski definition) is 3. The first-order valence-corrected chi connectivity index (χ1v) is 7.50. The van der Waals surface area contributed by atoms with Crippen LogP contribution in [-0.4, -0.2) is 36.6 Å². The Balaban J connectivity index is 1.89. The summed E-state index contributed by atoms with van der Waals surface area (Å²) in [5.41, 5.74) is 0.0957. The van der Waals surface area contributed by atoms with E-state index in [0.717, 1.165) is 25.9 Å². The van der Waals surface area contributed by atoms with Crippen LogP contribution in [0.4, 0.5) is 0 Å². The van der Waals surface area contributed by atoms with E-state index in [0.29, 0.717) is 5.92 Å². The molecule has 0 radical (unpaired) electrons. The van der Waals surface area contributed by atoms with Gasteiger partial charge in [-0.25, -0.2) is 0 Å². The summed E-state index contributed by atoms with van der Waals surface area (Å²) < 4.78 is 11.3. The van der Waals surface area contributed by atoms with E-state index in [1.807, 2.05) is 6.92 Å². The highest BCUT2D eigenvalue weighted by molar-refractivity contribution is 4.91. The SMILES string of the molecule is COC(C)CC(O)C1CCOC2(CCCCC2)C1. The van der Waals surface area contributed by atoms with Crippen LogP contribution in [0.1, 0.15) is 58.3 Å². The minimum absolute atomic E-state index is 0.0957. The molecule has 3 heteroatoms. The summed E-state index contributed by atoms with van der Waals surface area (Å²) in [6.07, 6.45) is 9.01. The van der Waals surface area contributed by atoms with Gasteiger partial charge in [-0.05, 0) is 44.9 Å². The second kappa shape index (κ2) is 6.36. The zero-order valence-corrected chi connectivity index (χ0v) is 11.9. The molecular formula is C15H28O3. The van der Waals surface area contributed by atoms with Crippen molar-refractivity contribution in [2.75, 3.05) is 13.7 Å². The van der Waals surface area contributed by atoms with Gasteiger partial charge in [-0.15, -0.1) is 0 Å². The maximum absolute atomic E-state index is 10.4. The lowest BCUT2D eigenvalue weighted by molar-refractivity contribution is -0.136. The minimum Gasteiger partial charge on any atom is -0.393 e. The van der Waals surface area contributed by atoms with E-state index in [1.165, 1.54) is 32.1 Å². The molecule has 1 N–H and O–H groups in total. The minimum atomic E-state index is -0.234. The Hall–Kier alpha value is -0.120. The molecular weight excluding hydrogens is 228 g/mol. The third-order valence-corrected chi connectivity index (χ3v) is 4.82. The molecule has 1 aliphatic carbocycles. The average molecular weight is 256 g/mol. The fraction of sp³-hybridized carbons (Fsp3) is 1.00. The Labute approximate surface area is 111 Å². The van der Waals surface area contributed by atoms with Crippen LogP contribution in [0.3, 0.4) is 0 Å². The molecule has 18 heavy (non-hydrogen) atoms. The summed E-state index contributed by atoms with van der Waals surface area (Å²) in [5, 5.41) is 10.4. The predicted octanol–water partition coefficient (Wildman–Crippen LogP) is 2.90. The molecule has 0 bridgehead atoms. The fourth-order valence-electron chi connectivity index (χ4n) is 3.57. The van der Waals surface area contributed by atoms with Gasteiger partial charge in [0.1, 0.15) is 0 Å². The van der Waals surface area contributed by atoms with Crippen molar-refractivity contribution in [3.8, 4) is 0 Å².